The first kappa shape index (κ1) is 13.9. The smallest absolute Gasteiger partial charge is 0.224 e. The summed E-state index contributed by atoms with van der Waals surface area (Å²) in [4.78, 5) is 12.1. The van der Waals surface area contributed by atoms with Crippen LogP contribution in [0.3, 0.4) is 0 Å². The summed E-state index contributed by atoms with van der Waals surface area (Å²) >= 11 is 0. The van der Waals surface area contributed by atoms with Gasteiger partial charge in [0.05, 0.1) is 12.7 Å². The molecular formula is C18H21NO2. The van der Waals surface area contributed by atoms with E-state index in [1.165, 1.54) is 19.3 Å². The topological polar surface area (TPSA) is 42.2 Å². The van der Waals surface area contributed by atoms with E-state index in [-0.39, 0.29) is 5.91 Å². The minimum Gasteiger partial charge on any atom is -0.464 e. The van der Waals surface area contributed by atoms with E-state index in [1.807, 2.05) is 36.4 Å². The molecule has 0 aliphatic heterocycles. The summed E-state index contributed by atoms with van der Waals surface area (Å²) in [7, 11) is 0. The Labute approximate surface area is 125 Å². The molecule has 1 aromatic heterocycles. The second-order valence-corrected chi connectivity index (χ2v) is 5.75. The second kappa shape index (κ2) is 6.61. The molecule has 3 heteroatoms. The number of benzene rings is 1. The zero-order chi connectivity index (χ0) is 14.5. The Hall–Kier alpha value is -2.03. The van der Waals surface area contributed by atoms with E-state index in [1.54, 1.807) is 6.26 Å². The van der Waals surface area contributed by atoms with Gasteiger partial charge in [-0.1, -0.05) is 43.5 Å². The van der Waals surface area contributed by atoms with Gasteiger partial charge in [0, 0.05) is 11.6 Å². The lowest BCUT2D eigenvalue weighted by Gasteiger charge is -2.22. The molecule has 2 aromatic rings. The molecule has 3 nitrogen and oxygen atoms in total. The number of rotatable bonds is 4. The molecule has 1 N–H and O–H groups in total. The van der Waals surface area contributed by atoms with Gasteiger partial charge in [0.2, 0.25) is 5.91 Å². The lowest BCUT2D eigenvalue weighted by Crippen LogP contribution is -2.37. The first-order valence-electron chi connectivity index (χ1n) is 7.73. The summed E-state index contributed by atoms with van der Waals surface area (Å²) in [5.74, 6) is 0.987. The Morgan fingerprint density at radius 3 is 2.52 bits per heavy atom. The average Bonchev–Trinajstić information content (AvgIpc) is 3.03. The van der Waals surface area contributed by atoms with Crippen molar-refractivity contribution in [1.82, 2.24) is 5.32 Å². The molecule has 1 heterocycles. The molecule has 0 radical (unpaired) electrons. The third kappa shape index (κ3) is 3.75. The molecule has 0 bridgehead atoms. The molecular weight excluding hydrogens is 262 g/mol. The van der Waals surface area contributed by atoms with Gasteiger partial charge in [-0.15, -0.1) is 0 Å². The van der Waals surface area contributed by atoms with Crippen molar-refractivity contribution in [1.29, 1.82) is 0 Å². The van der Waals surface area contributed by atoms with Crippen LogP contribution < -0.4 is 5.32 Å². The second-order valence-electron chi connectivity index (χ2n) is 5.75. The van der Waals surface area contributed by atoms with Crippen molar-refractivity contribution in [3.63, 3.8) is 0 Å². The molecule has 1 saturated carbocycles. The monoisotopic (exact) mass is 283 g/mol. The summed E-state index contributed by atoms with van der Waals surface area (Å²) in [5, 5.41) is 3.15. The summed E-state index contributed by atoms with van der Waals surface area (Å²) in [6.45, 7) is 0. The van der Waals surface area contributed by atoms with E-state index >= 15 is 0 Å². The van der Waals surface area contributed by atoms with Crippen molar-refractivity contribution in [2.45, 2.75) is 44.6 Å². The summed E-state index contributed by atoms with van der Waals surface area (Å²) in [6.07, 6.45) is 8.16. The Balaban J connectivity index is 1.56. The van der Waals surface area contributed by atoms with E-state index in [0.29, 0.717) is 12.5 Å². The molecule has 0 saturated heterocycles. The van der Waals surface area contributed by atoms with Gasteiger partial charge in [-0.2, -0.15) is 0 Å². The van der Waals surface area contributed by atoms with E-state index < -0.39 is 0 Å². The van der Waals surface area contributed by atoms with Crippen LogP contribution >= 0.6 is 0 Å². The summed E-state index contributed by atoms with van der Waals surface area (Å²) < 4.78 is 5.36. The fourth-order valence-corrected chi connectivity index (χ4v) is 2.94. The van der Waals surface area contributed by atoms with Gasteiger partial charge >= 0.3 is 0 Å². The maximum Gasteiger partial charge on any atom is 0.224 e. The van der Waals surface area contributed by atoms with E-state index in [0.717, 1.165) is 29.7 Å². The third-order valence-electron chi connectivity index (χ3n) is 4.09. The SMILES string of the molecule is O=C(Cc1ccc(-c2ccco2)cc1)NC1CCCCC1. The van der Waals surface area contributed by atoms with Crippen molar-refractivity contribution in [3.05, 3.63) is 48.2 Å². The Morgan fingerprint density at radius 1 is 1.10 bits per heavy atom. The molecule has 1 aliphatic rings. The van der Waals surface area contributed by atoms with Crippen LogP contribution in [-0.2, 0) is 11.2 Å². The normalized spacial score (nSPS) is 15.8. The molecule has 21 heavy (non-hydrogen) atoms. The molecule has 110 valence electrons. The van der Waals surface area contributed by atoms with Gasteiger partial charge in [0.15, 0.2) is 0 Å². The highest BCUT2D eigenvalue weighted by atomic mass is 16.3. The van der Waals surface area contributed by atoms with Gasteiger partial charge in [-0.25, -0.2) is 0 Å². The van der Waals surface area contributed by atoms with E-state index in [2.05, 4.69) is 5.32 Å². The van der Waals surface area contributed by atoms with Crippen molar-refractivity contribution < 1.29 is 9.21 Å². The number of hydrogen-bond acceptors (Lipinski definition) is 2. The van der Waals surface area contributed by atoms with Crippen molar-refractivity contribution in [2.75, 3.05) is 0 Å². The molecule has 0 spiro atoms. The first-order chi connectivity index (χ1) is 10.3. The van der Waals surface area contributed by atoms with Crippen LogP contribution in [0, 0.1) is 0 Å². The molecule has 0 unspecified atom stereocenters. The summed E-state index contributed by atoms with van der Waals surface area (Å²) in [5.41, 5.74) is 2.08. The van der Waals surface area contributed by atoms with Crippen LogP contribution in [-0.4, -0.2) is 11.9 Å². The van der Waals surface area contributed by atoms with Crippen molar-refractivity contribution >= 4 is 5.91 Å². The maximum atomic E-state index is 12.1. The van der Waals surface area contributed by atoms with Gasteiger partial charge in [0.25, 0.3) is 0 Å². The number of carbonyl (C=O) groups is 1. The highest BCUT2D eigenvalue weighted by Crippen LogP contribution is 2.20. The van der Waals surface area contributed by atoms with Crippen LogP contribution in [0.25, 0.3) is 11.3 Å². The van der Waals surface area contributed by atoms with Crippen molar-refractivity contribution in [3.8, 4) is 11.3 Å². The minimum atomic E-state index is 0.132. The average molecular weight is 283 g/mol. The van der Waals surface area contributed by atoms with Crippen LogP contribution in [0.15, 0.2) is 47.1 Å². The lowest BCUT2D eigenvalue weighted by atomic mass is 9.95. The third-order valence-corrected chi connectivity index (χ3v) is 4.09. The largest absolute Gasteiger partial charge is 0.464 e. The van der Waals surface area contributed by atoms with Crippen LogP contribution in [0.4, 0.5) is 0 Å². The Bertz CT molecular complexity index is 566. The number of amides is 1. The number of furan rings is 1. The van der Waals surface area contributed by atoms with E-state index in [9.17, 15) is 4.79 Å². The molecule has 3 rings (SSSR count). The van der Waals surface area contributed by atoms with E-state index in [4.69, 9.17) is 4.42 Å². The number of nitrogens with one attached hydrogen (secondary N) is 1. The molecule has 1 aromatic carbocycles. The molecule has 1 amide bonds. The van der Waals surface area contributed by atoms with Crippen LogP contribution in [0.1, 0.15) is 37.7 Å². The van der Waals surface area contributed by atoms with Gasteiger partial charge in [-0.3, -0.25) is 4.79 Å². The highest BCUT2D eigenvalue weighted by molar-refractivity contribution is 5.79. The summed E-state index contributed by atoms with van der Waals surface area (Å²) in [6, 6.07) is 12.2. The van der Waals surface area contributed by atoms with Crippen LogP contribution in [0.2, 0.25) is 0 Å². The fourth-order valence-electron chi connectivity index (χ4n) is 2.94. The quantitative estimate of drug-likeness (QED) is 0.923. The maximum absolute atomic E-state index is 12.1. The highest BCUT2D eigenvalue weighted by Gasteiger charge is 2.15. The van der Waals surface area contributed by atoms with Crippen molar-refractivity contribution in [2.24, 2.45) is 0 Å². The zero-order valence-electron chi connectivity index (χ0n) is 12.2. The predicted molar refractivity (Wildman–Crippen MR) is 82.9 cm³/mol. The van der Waals surface area contributed by atoms with Gasteiger partial charge in [0.1, 0.15) is 5.76 Å². The number of hydrogen-bond donors (Lipinski definition) is 1. The number of carbonyl (C=O) groups excluding carboxylic acids is 1. The first-order valence-corrected chi connectivity index (χ1v) is 7.73. The van der Waals surface area contributed by atoms with Crippen LogP contribution in [0.5, 0.6) is 0 Å². The lowest BCUT2D eigenvalue weighted by molar-refractivity contribution is -0.121. The minimum absolute atomic E-state index is 0.132. The zero-order valence-corrected chi connectivity index (χ0v) is 12.2. The van der Waals surface area contributed by atoms with Gasteiger partial charge in [-0.05, 0) is 30.5 Å². The fraction of sp³-hybridized carbons (Fsp3) is 0.389. The Morgan fingerprint density at radius 2 is 1.86 bits per heavy atom. The standard InChI is InChI=1S/C18H21NO2/c20-18(19-16-5-2-1-3-6-16)13-14-8-10-15(11-9-14)17-7-4-12-21-17/h4,7-12,16H,1-3,5-6,13H2,(H,19,20). The molecule has 0 atom stereocenters. The van der Waals surface area contributed by atoms with Gasteiger partial charge < -0.3 is 9.73 Å². The molecule has 1 aliphatic carbocycles. The molecule has 1 fully saturated rings. The Kier molecular flexibility index (Phi) is 4.39. The predicted octanol–water partition coefficient (Wildman–Crippen LogP) is 3.94.